The van der Waals surface area contributed by atoms with Crippen LogP contribution in [0.4, 0.5) is 0 Å². The molecule has 0 aromatic rings. The zero-order valence-electron chi connectivity index (χ0n) is 73.6. The van der Waals surface area contributed by atoms with E-state index in [0.717, 1.165) is 34.6 Å². The molecule has 61 nitrogen and oxygen atoms in total. The molecule has 11 rings (SSSR count). The molecule has 0 spiro atoms. The smallest absolute Gasteiger partial charge is 0.217 e. The van der Waals surface area contributed by atoms with E-state index in [9.17, 15) is 177 Å². The quantitative estimate of drug-likeness (QED) is 0.0277. The van der Waals surface area contributed by atoms with E-state index in [-0.39, 0.29) is 0 Å². The van der Waals surface area contributed by atoms with Crippen molar-refractivity contribution in [1.82, 2.24) is 26.6 Å². The van der Waals surface area contributed by atoms with Crippen LogP contribution in [0.2, 0.25) is 0 Å². The molecule has 0 aromatic carbocycles. The van der Waals surface area contributed by atoms with E-state index in [1.54, 1.807) is 0 Å². The fraction of sp³-hybridized carbons (Fsp3) is 0.934. The molecule has 11 aliphatic rings. The number of nitrogens with one attached hydrogen (secondary N) is 5. The summed E-state index contributed by atoms with van der Waals surface area (Å²) in [5, 5.41) is 349. The van der Waals surface area contributed by atoms with Gasteiger partial charge in [-0.3, -0.25) is 24.0 Å². The Kier molecular flexibility index (Phi) is 40.7. The van der Waals surface area contributed by atoms with Crippen LogP contribution in [-0.2, 0) is 123 Å². The molecular weight excluding hydrogens is 1880 g/mol. The van der Waals surface area contributed by atoms with Gasteiger partial charge in [0.1, 0.15) is 268 Å². The largest absolute Gasteiger partial charge is 0.394 e. The van der Waals surface area contributed by atoms with E-state index in [1.165, 1.54) is 0 Å². The molecule has 11 aliphatic heterocycles. The first kappa shape index (κ1) is 113. The zero-order valence-corrected chi connectivity index (χ0v) is 73.6. The standard InChI is InChI=1S/C76H127N5O56/c1-17(91)77-33-45(103)58(27(11-87)119-66(33)116)130-68-34(78-18(2)92)46(104)61(30(14-90)125-68)133-74-57(115)63(135-76-65(52(110)41(99)25(9-85)124-76)137-70-36(80-20(4)94)48(106)60(29(13-89)127-70)132-72-55(113)50(108)39(97)23(7-83)122-72)44(102)32(128-74)16-118-75-64(136-69-35(79-19(3)93)47(105)59(28(12-88)126-69)131-71-54(112)49(107)38(96)22(6-82)121-71)53(111)42(100)31(129-75)15-117-67-37(81-21(5)95)62(43(101)26(10-86)120-67)134-73-56(114)51(109)40(98)24(8-84)123-73/h22-76,82-90,96-116H,6-16H2,1-5H3,(H,77,91)(H,78,92)(H,79,93)(H,80,94)(H,81,95)/t22-,23-,24-,25-,26-,27-,28-,29-,30-,31-,32-,33-,34-,35-,36+,37-,38+,39+,40+,41-,42-,43-,44-,45-,46-,47-,48-,49+,50+,51+,52+,53+,54-,55-,56-,57+,58-,59-,60-,61-,62-,63+,64+,65+,66?,67-,68+,69+,70+,71+,72+,73+,74+,75+,76-/m1/s1. The molecule has 792 valence electrons. The van der Waals surface area contributed by atoms with Gasteiger partial charge in [0.25, 0.3) is 0 Å². The lowest BCUT2D eigenvalue weighted by Crippen LogP contribution is -2.71. The van der Waals surface area contributed by atoms with Crippen molar-refractivity contribution in [3.63, 3.8) is 0 Å². The summed E-state index contributed by atoms with van der Waals surface area (Å²) in [6, 6.07) is -9.69. The molecule has 11 fully saturated rings. The molecule has 0 bridgehead atoms. The van der Waals surface area contributed by atoms with Crippen LogP contribution in [0, 0.1) is 0 Å². The van der Waals surface area contributed by atoms with E-state index in [2.05, 4.69) is 26.6 Å². The van der Waals surface area contributed by atoms with Crippen molar-refractivity contribution >= 4 is 29.5 Å². The second-order valence-corrected chi connectivity index (χ2v) is 34.6. The zero-order chi connectivity index (χ0) is 101. The van der Waals surface area contributed by atoms with Gasteiger partial charge in [-0.1, -0.05) is 0 Å². The Labute approximate surface area is 775 Å². The van der Waals surface area contributed by atoms with Crippen molar-refractivity contribution in [3.8, 4) is 0 Å². The molecule has 5 amide bonds. The van der Waals surface area contributed by atoms with E-state index >= 15 is 0 Å². The number of rotatable bonds is 36. The maximum atomic E-state index is 13.2. The Balaban J connectivity index is 0.973. The maximum Gasteiger partial charge on any atom is 0.217 e. The summed E-state index contributed by atoms with van der Waals surface area (Å²) in [6.07, 6.45) is -108. The summed E-state index contributed by atoms with van der Waals surface area (Å²) in [5.41, 5.74) is 0. The van der Waals surface area contributed by atoms with Crippen LogP contribution in [0.1, 0.15) is 34.6 Å². The Morgan fingerprint density at radius 2 is 0.416 bits per heavy atom. The summed E-state index contributed by atoms with van der Waals surface area (Å²) in [4.78, 5) is 65.0. The number of hydrogen-bond donors (Lipinski definition) is 35. The molecule has 0 radical (unpaired) electrons. The number of amides is 5. The first-order valence-corrected chi connectivity index (χ1v) is 43.6. The van der Waals surface area contributed by atoms with Crippen LogP contribution in [0.5, 0.6) is 0 Å². The molecule has 0 aromatic heterocycles. The fourth-order valence-electron chi connectivity index (χ4n) is 17.7. The van der Waals surface area contributed by atoms with Crippen LogP contribution < -0.4 is 26.6 Å². The fourth-order valence-corrected chi connectivity index (χ4v) is 17.7. The Morgan fingerprint density at radius 1 is 0.190 bits per heavy atom. The third-order valence-corrected chi connectivity index (χ3v) is 25.0. The van der Waals surface area contributed by atoms with Crippen molar-refractivity contribution in [2.45, 2.75) is 372 Å². The first-order valence-electron chi connectivity index (χ1n) is 43.6. The van der Waals surface area contributed by atoms with E-state index in [1.807, 2.05) is 0 Å². The number of aliphatic hydroxyl groups is 30. The predicted molar refractivity (Wildman–Crippen MR) is 420 cm³/mol. The molecule has 0 aliphatic carbocycles. The highest BCUT2D eigenvalue weighted by atomic mass is 16.8. The Morgan fingerprint density at radius 3 is 0.781 bits per heavy atom. The highest BCUT2D eigenvalue weighted by molar-refractivity contribution is 5.75. The van der Waals surface area contributed by atoms with E-state index < -0.39 is 440 Å². The van der Waals surface area contributed by atoms with Crippen LogP contribution >= 0.6 is 0 Å². The predicted octanol–water partition coefficient (Wildman–Crippen LogP) is -24.3. The molecule has 137 heavy (non-hydrogen) atoms. The maximum absolute atomic E-state index is 13.2. The average molecular weight is 2010 g/mol. The normalized spacial score (nSPS) is 48.9. The van der Waals surface area contributed by atoms with Crippen LogP contribution in [-0.4, -0.2) is 593 Å². The number of carbonyl (C=O) groups excluding carboxylic acids is 5. The lowest BCUT2D eigenvalue weighted by atomic mass is 9.93. The second kappa shape index (κ2) is 49.5. The number of ether oxygens (including phenoxy) is 21. The number of carbonyl (C=O) groups is 5. The molecule has 1 unspecified atom stereocenters. The monoisotopic (exact) mass is 2010 g/mol. The second-order valence-electron chi connectivity index (χ2n) is 34.6. The van der Waals surface area contributed by atoms with E-state index in [0.29, 0.717) is 0 Å². The summed E-state index contributed by atoms with van der Waals surface area (Å²) >= 11 is 0. The summed E-state index contributed by atoms with van der Waals surface area (Å²) in [5.74, 6) is -4.81. The number of hydrogen-bond acceptors (Lipinski definition) is 56. The molecule has 55 atom stereocenters. The van der Waals surface area contributed by atoms with Crippen molar-refractivity contribution in [1.29, 1.82) is 0 Å². The van der Waals surface area contributed by atoms with Gasteiger partial charge in [-0.25, -0.2) is 0 Å². The molecule has 61 heteroatoms. The molecule has 0 saturated carbocycles. The third kappa shape index (κ3) is 25.2. The lowest BCUT2D eigenvalue weighted by molar-refractivity contribution is -0.399. The topological polar surface area (TPSA) is 946 Å². The minimum atomic E-state index is -2.70. The molecule has 11 saturated heterocycles. The minimum absolute atomic E-state index is 0.828. The minimum Gasteiger partial charge on any atom is -0.394 e. The van der Waals surface area contributed by atoms with Crippen LogP contribution in [0.3, 0.4) is 0 Å². The van der Waals surface area contributed by atoms with Gasteiger partial charge < -0.3 is 279 Å². The Hall–Kier alpha value is -4.69. The van der Waals surface area contributed by atoms with Gasteiger partial charge in [0.15, 0.2) is 69.2 Å². The van der Waals surface area contributed by atoms with Crippen molar-refractivity contribution < 1.29 is 277 Å². The molecule has 11 heterocycles. The Bertz CT molecular complexity index is 3780. The molecule has 35 N–H and O–H groups in total. The van der Waals surface area contributed by atoms with Gasteiger partial charge in [0.2, 0.25) is 29.5 Å². The van der Waals surface area contributed by atoms with Crippen molar-refractivity contribution in [2.24, 2.45) is 0 Å². The summed E-state index contributed by atoms with van der Waals surface area (Å²) in [6.45, 7) is -8.06. The van der Waals surface area contributed by atoms with Gasteiger partial charge in [-0.15, -0.1) is 0 Å². The van der Waals surface area contributed by atoms with Gasteiger partial charge in [-0.05, 0) is 0 Å². The average Bonchev–Trinajstić information content (AvgIpc) is 0.768. The van der Waals surface area contributed by atoms with Gasteiger partial charge in [-0.2, -0.15) is 0 Å². The summed E-state index contributed by atoms with van der Waals surface area (Å²) in [7, 11) is 0. The highest BCUT2D eigenvalue weighted by Gasteiger charge is 2.63. The van der Waals surface area contributed by atoms with E-state index in [4.69, 9.17) is 99.5 Å². The third-order valence-electron chi connectivity index (χ3n) is 25.0. The van der Waals surface area contributed by atoms with Gasteiger partial charge >= 0.3 is 0 Å². The van der Waals surface area contributed by atoms with Gasteiger partial charge in [0.05, 0.1) is 72.7 Å². The van der Waals surface area contributed by atoms with Crippen LogP contribution in [0.25, 0.3) is 0 Å². The van der Waals surface area contributed by atoms with Crippen molar-refractivity contribution in [3.05, 3.63) is 0 Å². The highest BCUT2D eigenvalue weighted by Crippen LogP contribution is 2.42. The first-order chi connectivity index (χ1) is 64.8. The van der Waals surface area contributed by atoms with Crippen LogP contribution in [0.15, 0.2) is 0 Å². The van der Waals surface area contributed by atoms with Gasteiger partial charge in [0, 0.05) is 34.6 Å². The molecular formula is C76H127N5O56. The SMILES string of the molecule is CC(=O)N[C@@H]1[C@H](O[C@@H]2[C@@H](O[C@@H]3[C@H](O)[C@H](O[C@H]4[C@H](O)[C@@H](NC(C)=O)[C@H](O[C@H]5[C@H](O)[C@@H](NC(C)=O)C(O)O[C@@H]5CO)O[C@@H]4CO)O[C@H](CO[C@H]4O[C@H](CO[C@@H]5O[C@H](CO)[C@@H](O)[C@H](O[C@@H]6O[C@H](CO)[C@H](O)[C@H](O)[C@H]6O)[C@H]5NC(C)=O)[C@@H](O)[C@H](O)[C@@H]4O[C@@H]4O[C@H](CO)[C@@H](O[C@@H]5O[C@H](CO)[C@H](O)[C@H](O)[C@H]5O)[C@H](O)[C@H]4NC(C)=O)[C@H]3O)O[C@H](CO)[C@@H](O)[C@@H]2O)O[C@H](CO)[C@@H](O[C@@H]2O[C@H](CO)[C@H](O)[C@H](O)[C@H]2O)[C@@H]1O. The van der Waals surface area contributed by atoms with Crippen molar-refractivity contribution in [2.75, 3.05) is 72.7 Å². The summed E-state index contributed by atoms with van der Waals surface area (Å²) < 4.78 is 126. The lowest BCUT2D eigenvalue weighted by Gasteiger charge is -2.51. The number of aliphatic hydroxyl groups excluding tert-OH is 30.